The van der Waals surface area contributed by atoms with Crippen LogP contribution in [-0.4, -0.2) is 57.3 Å². The van der Waals surface area contributed by atoms with Gasteiger partial charge in [-0.1, -0.05) is 55.9 Å². The third kappa shape index (κ3) is 5.86. The number of thioether (sulfide) groups is 1. The summed E-state index contributed by atoms with van der Waals surface area (Å²) in [6, 6.07) is 13.0. The molecule has 1 saturated heterocycles. The summed E-state index contributed by atoms with van der Waals surface area (Å²) in [6.45, 7) is 5.28. The highest BCUT2D eigenvalue weighted by Crippen LogP contribution is 2.27. The highest BCUT2D eigenvalue weighted by molar-refractivity contribution is 7.99. The van der Waals surface area contributed by atoms with E-state index in [2.05, 4.69) is 24.0 Å². The summed E-state index contributed by atoms with van der Waals surface area (Å²) in [5, 5.41) is 9.24. The molecule has 0 N–H and O–H groups in total. The summed E-state index contributed by atoms with van der Waals surface area (Å²) in [5.74, 6) is 1.79. The fourth-order valence-electron chi connectivity index (χ4n) is 3.94. The maximum Gasteiger partial charge on any atom is 0.233 e. The molecule has 8 nitrogen and oxygen atoms in total. The van der Waals surface area contributed by atoms with Crippen LogP contribution in [0.4, 0.5) is 0 Å². The van der Waals surface area contributed by atoms with Crippen LogP contribution in [0.2, 0.25) is 0 Å². The third-order valence-corrected chi connectivity index (χ3v) is 8.20. The van der Waals surface area contributed by atoms with Gasteiger partial charge in [0.2, 0.25) is 5.91 Å². The van der Waals surface area contributed by atoms with E-state index in [1.54, 1.807) is 17.2 Å². The molecule has 1 unspecified atom stereocenters. The molecule has 176 valence electrons. The number of hydrogen-bond acceptors (Lipinski definition) is 7. The second-order valence-electron chi connectivity index (χ2n) is 8.64. The van der Waals surface area contributed by atoms with E-state index in [0.29, 0.717) is 42.2 Å². The van der Waals surface area contributed by atoms with E-state index in [1.807, 2.05) is 41.0 Å². The zero-order chi connectivity index (χ0) is 23.4. The van der Waals surface area contributed by atoms with Gasteiger partial charge in [0.05, 0.1) is 23.5 Å². The Morgan fingerprint density at radius 2 is 2.00 bits per heavy atom. The molecule has 1 aromatic carbocycles. The van der Waals surface area contributed by atoms with E-state index in [4.69, 9.17) is 4.42 Å². The number of nitrogens with zero attached hydrogens (tertiary/aromatic N) is 4. The Labute approximate surface area is 198 Å². The van der Waals surface area contributed by atoms with Crippen molar-refractivity contribution in [3.63, 3.8) is 0 Å². The van der Waals surface area contributed by atoms with Gasteiger partial charge in [0, 0.05) is 19.1 Å². The summed E-state index contributed by atoms with van der Waals surface area (Å²) in [5.41, 5.74) is 0.975. The van der Waals surface area contributed by atoms with Crippen molar-refractivity contribution in [2.45, 2.75) is 44.6 Å². The van der Waals surface area contributed by atoms with Gasteiger partial charge in [-0.15, -0.1) is 10.2 Å². The minimum Gasteiger partial charge on any atom is -0.461 e. The second kappa shape index (κ2) is 10.1. The Bertz CT molecular complexity index is 1170. The van der Waals surface area contributed by atoms with Gasteiger partial charge in [0.25, 0.3) is 0 Å². The minimum atomic E-state index is -3.11. The van der Waals surface area contributed by atoms with Crippen molar-refractivity contribution < 1.29 is 17.6 Å². The zero-order valence-corrected chi connectivity index (χ0v) is 20.4. The monoisotopic (exact) mass is 488 g/mol. The molecule has 1 aliphatic rings. The molecule has 0 saturated carbocycles. The molecule has 3 heterocycles. The van der Waals surface area contributed by atoms with Crippen LogP contribution in [0.3, 0.4) is 0 Å². The number of amides is 1. The van der Waals surface area contributed by atoms with Crippen LogP contribution in [0.15, 0.2) is 58.3 Å². The number of benzene rings is 1. The Kier molecular flexibility index (Phi) is 7.23. The number of hydrogen-bond donors (Lipinski definition) is 0. The standard InChI is InChI=1S/C23H28N4O4S2/c1-17(2)13-27-22(20-9-6-11-31-20)24-25-23(27)32-15-21(28)26(14-18-7-4-3-5-8-18)19-10-12-33(29,30)16-19/h3-9,11,17,19H,10,12-16H2,1-2H3. The maximum absolute atomic E-state index is 13.3. The normalized spacial score (nSPS) is 17.5. The summed E-state index contributed by atoms with van der Waals surface area (Å²) in [4.78, 5) is 15.0. The van der Waals surface area contributed by atoms with Gasteiger partial charge in [-0.05, 0) is 30.0 Å². The fraction of sp³-hybridized carbons (Fsp3) is 0.435. The molecule has 1 fully saturated rings. The first kappa shape index (κ1) is 23.6. The number of rotatable bonds is 9. The first-order valence-electron chi connectivity index (χ1n) is 11.0. The van der Waals surface area contributed by atoms with Gasteiger partial charge >= 0.3 is 0 Å². The Morgan fingerprint density at radius 1 is 1.21 bits per heavy atom. The summed E-state index contributed by atoms with van der Waals surface area (Å²) < 4.78 is 31.7. The summed E-state index contributed by atoms with van der Waals surface area (Å²) >= 11 is 1.32. The molecule has 3 aromatic rings. The molecule has 10 heteroatoms. The van der Waals surface area contributed by atoms with Gasteiger partial charge in [-0.2, -0.15) is 0 Å². The van der Waals surface area contributed by atoms with Crippen LogP contribution < -0.4 is 0 Å². The molecule has 0 spiro atoms. The van der Waals surface area contributed by atoms with E-state index in [0.717, 1.165) is 5.56 Å². The predicted molar refractivity (Wildman–Crippen MR) is 127 cm³/mol. The molecule has 1 aliphatic heterocycles. The van der Waals surface area contributed by atoms with Crippen LogP contribution >= 0.6 is 11.8 Å². The van der Waals surface area contributed by atoms with Crippen LogP contribution in [0, 0.1) is 5.92 Å². The average Bonchev–Trinajstić information content (AvgIpc) is 3.51. The van der Waals surface area contributed by atoms with Crippen LogP contribution in [-0.2, 0) is 27.7 Å². The first-order valence-corrected chi connectivity index (χ1v) is 13.8. The highest BCUT2D eigenvalue weighted by Gasteiger charge is 2.34. The average molecular weight is 489 g/mol. The number of furan rings is 1. The Balaban J connectivity index is 1.52. The van der Waals surface area contributed by atoms with Gasteiger partial charge in [0.15, 0.2) is 26.6 Å². The minimum absolute atomic E-state index is 0.0163. The smallest absolute Gasteiger partial charge is 0.233 e. The lowest BCUT2D eigenvalue weighted by molar-refractivity contribution is -0.130. The van der Waals surface area contributed by atoms with Crippen molar-refractivity contribution in [1.82, 2.24) is 19.7 Å². The van der Waals surface area contributed by atoms with Crippen LogP contribution in [0.5, 0.6) is 0 Å². The van der Waals surface area contributed by atoms with Crippen LogP contribution in [0.25, 0.3) is 11.6 Å². The third-order valence-electron chi connectivity index (χ3n) is 5.50. The summed E-state index contributed by atoms with van der Waals surface area (Å²) in [7, 11) is -3.11. The number of sulfone groups is 1. The lowest BCUT2D eigenvalue weighted by atomic mass is 10.1. The Morgan fingerprint density at radius 3 is 2.64 bits per heavy atom. The van der Waals surface area contributed by atoms with Crippen molar-refractivity contribution in [3.8, 4) is 11.6 Å². The molecule has 2 aromatic heterocycles. The van der Waals surface area contributed by atoms with Gasteiger partial charge in [-0.25, -0.2) is 8.42 Å². The Hall–Kier alpha value is -2.59. The van der Waals surface area contributed by atoms with E-state index in [9.17, 15) is 13.2 Å². The largest absolute Gasteiger partial charge is 0.461 e. The number of carbonyl (C=O) groups is 1. The molecule has 1 atom stereocenters. The van der Waals surface area contributed by atoms with Gasteiger partial charge in [0.1, 0.15) is 0 Å². The molecule has 33 heavy (non-hydrogen) atoms. The summed E-state index contributed by atoms with van der Waals surface area (Å²) in [6.07, 6.45) is 2.06. The van der Waals surface area contributed by atoms with Crippen molar-refractivity contribution in [1.29, 1.82) is 0 Å². The number of aromatic nitrogens is 3. The van der Waals surface area contributed by atoms with Crippen molar-refractivity contribution in [2.75, 3.05) is 17.3 Å². The van der Waals surface area contributed by atoms with Crippen molar-refractivity contribution in [3.05, 3.63) is 54.3 Å². The van der Waals surface area contributed by atoms with E-state index >= 15 is 0 Å². The molecule has 0 radical (unpaired) electrons. The predicted octanol–water partition coefficient (Wildman–Crippen LogP) is 3.50. The zero-order valence-electron chi connectivity index (χ0n) is 18.8. The lowest BCUT2D eigenvalue weighted by Gasteiger charge is -2.28. The molecule has 0 bridgehead atoms. The molecular formula is C23H28N4O4S2. The SMILES string of the molecule is CC(C)Cn1c(SCC(=O)N(Cc2ccccc2)C2CCS(=O)(=O)C2)nnc1-c1ccco1. The van der Waals surface area contributed by atoms with Gasteiger partial charge < -0.3 is 9.32 Å². The molecule has 4 rings (SSSR count). The topological polar surface area (TPSA) is 98.3 Å². The van der Waals surface area contributed by atoms with Crippen molar-refractivity contribution in [2.24, 2.45) is 5.92 Å². The number of carbonyl (C=O) groups excluding carboxylic acids is 1. The maximum atomic E-state index is 13.3. The molecule has 1 amide bonds. The molecular weight excluding hydrogens is 460 g/mol. The van der Waals surface area contributed by atoms with Crippen LogP contribution in [0.1, 0.15) is 25.8 Å². The molecule has 0 aliphatic carbocycles. The van der Waals surface area contributed by atoms with Gasteiger partial charge in [-0.3, -0.25) is 9.36 Å². The van der Waals surface area contributed by atoms with E-state index in [-0.39, 0.29) is 29.2 Å². The lowest BCUT2D eigenvalue weighted by Crippen LogP contribution is -2.41. The quantitative estimate of drug-likeness (QED) is 0.425. The van der Waals surface area contributed by atoms with E-state index in [1.165, 1.54) is 11.8 Å². The second-order valence-corrected chi connectivity index (χ2v) is 11.8. The fourth-order valence-corrected chi connectivity index (χ4v) is 6.51. The van der Waals surface area contributed by atoms with Crippen molar-refractivity contribution >= 4 is 27.5 Å². The highest BCUT2D eigenvalue weighted by atomic mass is 32.2. The first-order chi connectivity index (χ1) is 15.8. The van der Waals surface area contributed by atoms with E-state index < -0.39 is 9.84 Å².